The zero-order valence-electron chi connectivity index (χ0n) is 13.5. The van der Waals surface area contributed by atoms with E-state index in [9.17, 15) is 19.7 Å². The largest absolute Gasteiger partial charge is 0.445 e. The van der Waals surface area contributed by atoms with Crippen LogP contribution in [0, 0.1) is 10.1 Å². The number of rotatable bonds is 7. The summed E-state index contributed by atoms with van der Waals surface area (Å²) in [4.78, 5) is 33.0. The maximum absolute atomic E-state index is 11.7. The summed E-state index contributed by atoms with van der Waals surface area (Å²) in [6, 6.07) is 12.3. The fourth-order valence-corrected chi connectivity index (χ4v) is 2.02. The lowest BCUT2D eigenvalue weighted by Gasteiger charge is -2.08. The molecule has 2 aromatic carbocycles. The number of ether oxygens (including phenoxy) is 2. The van der Waals surface area contributed by atoms with Crippen molar-refractivity contribution in [1.29, 1.82) is 0 Å². The van der Waals surface area contributed by atoms with E-state index in [1.54, 1.807) is 24.3 Å². The zero-order valence-corrected chi connectivity index (χ0v) is 14.3. The van der Waals surface area contributed by atoms with Gasteiger partial charge in [0.25, 0.3) is 5.69 Å². The maximum atomic E-state index is 11.7. The fraction of sp³-hybridized carbons (Fsp3) is 0.176. The quantitative estimate of drug-likeness (QED) is 0.260. The SMILES string of the molecule is O=C(CCl)Oc1cccc(CNC(=O)OCc2ccc([N+](=O)[O-])cc2)c1. The fourth-order valence-electron chi connectivity index (χ4n) is 1.97. The van der Waals surface area contributed by atoms with Crippen molar-refractivity contribution < 1.29 is 24.0 Å². The summed E-state index contributed by atoms with van der Waals surface area (Å²) in [5, 5.41) is 13.1. The van der Waals surface area contributed by atoms with Gasteiger partial charge in [0.2, 0.25) is 0 Å². The first kappa shape index (κ1) is 19.2. The number of nitro groups is 1. The standard InChI is InChI=1S/C17H15ClN2O6/c18-9-16(21)26-15-3-1-2-13(8-15)10-19-17(22)25-11-12-4-6-14(7-5-12)20(23)24/h1-8H,9-11H2,(H,19,22). The minimum absolute atomic E-state index is 0.0167. The monoisotopic (exact) mass is 378 g/mol. The van der Waals surface area contributed by atoms with Gasteiger partial charge in [0.05, 0.1) is 4.92 Å². The lowest BCUT2D eigenvalue weighted by atomic mass is 10.2. The molecule has 9 heteroatoms. The Morgan fingerprint density at radius 3 is 2.50 bits per heavy atom. The molecule has 136 valence electrons. The van der Waals surface area contributed by atoms with Crippen LogP contribution in [0.4, 0.5) is 10.5 Å². The van der Waals surface area contributed by atoms with Crippen molar-refractivity contribution in [1.82, 2.24) is 5.32 Å². The molecule has 0 atom stereocenters. The number of nitrogens with zero attached hydrogens (tertiary/aromatic N) is 1. The molecule has 0 saturated heterocycles. The van der Waals surface area contributed by atoms with E-state index in [0.717, 1.165) is 0 Å². The van der Waals surface area contributed by atoms with E-state index >= 15 is 0 Å². The minimum atomic E-state index is -0.647. The number of esters is 1. The Morgan fingerprint density at radius 2 is 1.85 bits per heavy atom. The number of alkyl halides is 1. The van der Waals surface area contributed by atoms with Gasteiger partial charge in [-0.15, -0.1) is 11.6 Å². The molecule has 2 aromatic rings. The Morgan fingerprint density at radius 1 is 1.12 bits per heavy atom. The van der Waals surface area contributed by atoms with Crippen LogP contribution >= 0.6 is 11.6 Å². The molecule has 0 aliphatic carbocycles. The number of alkyl carbamates (subject to hydrolysis) is 1. The third kappa shape index (κ3) is 6.06. The van der Waals surface area contributed by atoms with Crippen molar-refractivity contribution in [2.45, 2.75) is 13.2 Å². The Hall–Kier alpha value is -3.13. The Labute approximate surface area is 153 Å². The van der Waals surface area contributed by atoms with E-state index in [2.05, 4.69) is 5.32 Å². The van der Waals surface area contributed by atoms with Gasteiger partial charge >= 0.3 is 12.1 Å². The maximum Gasteiger partial charge on any atom is 0.407 e. The van der Waals surface area contributed by atoms with Crippen molar-refractivity contribution in [2.24, 2.45) is 0 Å². The topological polar surface area (TPSA) is 108 Å². The Bertz CT molecular complexity index is 794. The molecular formula is C17H15ClN2O6. The van der Waals surface area contributed by atoms with Crippen LogP contribution in [0.2, 0.25) is 0 Å². The van der Waals surface area contributed by atoms with Gasteiger partial charge in [0.15, 0.2) is 0 Å². The molecule has 8 nitrogen and oxygen atoms in total. The highest BCUT2D eigenvalue weighted by molar-refractivity contribution is 6.26. The summed E-state index contributed by atoms with van der Waals surface area (Å²) in [5.41, 5.74) is 1.30. The Balaban J connectivity index is 1.80. The summed E-state index contributed by atoms with van der Waals surface area (Å²) < 4.78 is 10.0. The van der Waals surface area contributed by atoms with Crippen LogP contribution < -0.4 is 10.1 Å². The molecule has 2 rings (SSSR count). The predicted octanol–water partition coefficient (Wildman–Crippen LogP) is 3.17. The van der Waals surface area contributed by atoms with Gasteiger partial charge in [0.1, 0.15) is 18.2 Å². The zero-order chi connectivity index (χ0) is 18.9. The second-order valence-corrected chi connectivity index (χ2v) is 5.38. The predicted molar refractivity (Wildman–Crippen MR) is 92.9 cm³/mol. The normalized spacial score (nSPS) is 10.0. The number of nitrogens with one attached hydrogen (secondary N) is 1. The molecule has 0 unspecified atom stereocenters. The van der Waals surface area contributed by atoms with Gasteiger partial charge in [0, 0.05) is 18.7 Å². The minimum Gasteiger partial charge on any atom is -0.445 e. The molecule has 1 amide bonds. The van der Waals surface area contributed by atoms with Crippen molar-refractivity contribution in [3.63, 3.8) is 0 Å². The summed E-state index contributed by atoms with van der Waals surface area (Å²) in [7, 11) is 0. The van der Waals surface area contributed by atoms with Gasteiger partial charge in [-0.2, -0.15) is 0 Å². The van der Waals surface area contributed by atoms with Crippen LogP contribution in [0.3, 0.4) is 0 Å². The Kier molecular flexibility index (Phi) is 6.92. The van der Waals surface area contributed by atoms with Gasteiger partial charge in [-0.05, 0) is 35.4 Å². The van der Waals surface area contributed by atoms with Gasteiger partial charge in [-0.1, -0.05) is 12.1 Å². The summed E-state index contributed by atoms with van der Waals surface area (Å²) in [5.74, 6) is -0.495. The molecule has 26 heavy (non-hydrogen) atoms. The van der Waals surface area contributed by atoms with Crippen LogP contribution in [-0.2, 0) is 22.7 Å². The second kappa shape index (κ2) is 9.38. The third-order valence-electron chi connectivity index (χ3n) is 3.19. The molecular weight excluding hydrogens is 364 g/mol. The highest BCUT2D eigenvalue weighted by Crippen LogP contribution is 2.14. The van der Waals surface area contributed by atoms with E-state index in [1.165, 1.54) is 24.3 Å². The van der Waals surface area contributed by atoms with Crippen molar-refractivity contribution in [3.8, 4) is 5.75 Å². The first-order valence-corrected chi connectivity index (χ1v) is 8.01. The average molecular weight is 379 g/mol. The van der Waals surface area contributed by atoms with Crippen molar-refractivity contribution >= 4 is 29.4 Å². The molecule has 0 aliphatic rings. The number of hydrogen-bond donors (Lipinski definition) is 1. The highest BCUT2D eigenvalue weighted by atomic mass is 35.5. The first-order chi connectivity index (χ1) is 12.5. The molecule has 0 aliphatic heterocycles. The van der Waals surface area contributed by atoms with Gasteiger partial charge < -0.3 is 14.8 Å². The summed E-state index contributed by atoms with van der Waals surface area (Å²) in [6.45, 7) is 0.155. The van der Waals surface area contributed by atoms with Crippen molar-refractivity contribution in [2.75, 3.05) is 5.88 Å². The molecule has 0 spiro atoms. The van der Waals surface area contributed by atoms with Crippen LogP contribution in [0.5, 0.6) is 5.75 Å². The highest BCUT2D eigenvalue weighted by Gasteiger charge is 2.07. The number of hydrogen-bond acceptors (Lipinski definition) is 6. The van der Waals surface area contributed by atoms with E-state index in [-0.39, 0.29) is 24.7 Å². The number of carbonyl (C=O) groups is 2. The van der Waals surface area contributed by atoms with E-state index in [0.29, 0.717) is 16.9 Å². The molecule has 0 radical (unpaired) electrons. The molecule has 0 heterocycles. The number of amides is 1. The molecule has 1 N–H and O–H groups in total. The lowest BCUT2D eigenvalue weighted by Crippen LogP contribution is -2.23. The van der Waals surface area contributed by atoms with Gasteiger partial charge in [-0.3, -0.25) is 14.9 Å². The molecule has 0 fully saturated rings. The summed E-state index contributed by atoms with van der Waals surface area (Å²) >= 11 is 5.37. The third-order valence-corrected chi connectivity index (χ3v) is 3.41. The van der Waals surface area contributed by atoms with Gasteiger partial charge in [-0.25, -0.2) is 4.79 Å². The van der Waals surface area contributed by atoms with E-state index in [1.807, 2.05) is 0 Å². The molecule has 0 bridgehead atoms. The lowest BCUT2D eigenvalue weighted by molar-refractivity contribution is -0.384. The first-order valence-electron chi connectivity index (χ1n) is 7.47. The second-order valence-electron chi connectivity index (χ2n) is 5.11. The number of halogens is 1. The smallest absolute Gasteiger partial charge is 0.407 e. The van der Waals surface area contributed by atoms with Crippen molar-refractivity contribution in [3.05, 3.63) is 69.8 Å². The summed E-state index contributed by atoms with van der Waals surface area (Å²) in [6.07, 6.45) is -0.647. The van der Waals surface area contributed by atoms with Crippen LogP contribution in [0.15, 0.2) is 48.5 Å². The number of nitro benzene ring substituents is 1. The van der Waals surface area contributed by atoms with E-state index < -0.39 is 17.0 Å². The van der Waals surface area contributed by atoms with E-state index in [4.69, 9.17) is 21.1 Å². The van der Waals surface area contributed by atoms with Crippen LogP contribution in [0.25, 0.3) is 0 Å². The van der Waals surface area contributed by atoms with Crippen LogP contribution in [0.1, 0.15) is 11.1 Å². The number of non-ortho nitro benzene ring substituents is 1. The molecule has 0 saturated carbocycles. The average Bonchev–Trinajstić information content (AvgIpc) is 2.65. The number of benzene rings is 2. The molecule has 0 aromatic heterocycles. The number of carbonyl (C=O) groups excluding carboxylic acids is 2. The van der Waals surface area contributed by atoms with Crippen LogP contribution in [-0.4, -0.2) is 22.9 Å².